The van der Waals surface area contributed by atoms with Crippen molar-refractivity contribution in [1.29, 1.82) is 0 Å². The molecular weight excluding hydrogens is 320 g/mol. The number of fused-ring (bicyclic) bond motifs is 3. The van der Waals surface area contributed by atoms with Crippen molar-refractivity contribution in [3.05, 3.63) is 71.8 Å². The lowest BCUT2D eigenvalue weighted by Gasteiger charge is -2.10. The number of aromatic carboxylic acids is 2. The van der Waals surface area contributed by atoms with Gasteiger partial charge in [0.15, 0.2) is 0 Å². The molecule has 0 radical (unpaired) electrons. The lowest BCUT2D eigenvalue weighted by Crippen LogP contribution is -2.04. The monoisotopic (exact) mass is 332 g/mol. The van der Waals surface area contributed by atoms with Gasteiger partial charge in [-0.15, -0.1) is 0 Å². The fraction of sp³-hybridized carbons (Fsp3) is 0. The van der Waals surface area contributed by atoms with E-state index in [1.54, 1.807) is 30.3 Å². The summed E-state index contributed by atoms with van der Waals surface area (Å²) in [4.78, 5) is 23.3. The van der Waals surface area contributed by atoms with Crippen LogP contribution in [-0.2, 0) is 0 Å². The topological polar surface area (TPSA) is 87.7 Å². The van der Waals surface area contributed by atoms with Gasteiger partial charge >= 0.3 is 11.9 Å². The molecule has 1 heterocycles. The molecule has 5 heteroatoms. The number of hydrogen-bond donors (Lipinski definition) is 2. The summed E-state index contributed by atoms with van der Waals surface area (Å²) < 4.78 is 5.73. The Morgan fingerprint density at radius 3 is 2.12 bits per heavy atom. The van der Waals surface area contributed by atoms with Crippen LogP contribution in [0.5, 0.6) is 0 Å². The van der Waals surface area contributed by atoms with Crippen LogP contribution in [0.2, 0.25) is 0 Å². The second-order valence-corrected chi connectivity index (χ2v) is 5.65. The van der Waals surface area contributed by atoms with Gasteiger partial charge in [0.25, 0.3) is 0 Å². The van der Waals surface area contributed by atoms with E-state index in [2.05, 4.69) is 0 Å². The molecule has 4 aromatic rings. The van der Waals surface area contributed by atoms with Gasteiger partial charge in [-0.3, -0.25) is 0 Å². The highest BCUT2D eigenvalue weighted by atomic mass is 16.4. The summed E-state index contributed by atoms with van der Waals surface area (Å²) in [6.07, 6.45) is 0. The van der Waals surface area contributed by atoms with Gasteiger partial charge in [-0.1, -0.05) is 36.4 Å². The molecule has 0 unspecified atom stereocenters. The number of carboxylic acid groups (broad SMARTS) is 2. The first-order chi connectivity index (χ1) is 12.1. The Morgan fingerprint density at radius 1 is 0.680 bits per heavy atom. The standard InChI is InChI=1S/C20H12O5/c21-19(22)13-7-2-1-5-11(13)14-9-15-12-6-3-4-8-17(12)25-18(15)10-16(14)20(23)24/h1-10H,(H,21,22)(H,23,24). The highest BCUT2D eigenvalue weighted by Crippen LogP contribution is 2.36. The number of benzene rings is 3. The first-order valence-electron chi connectivity index (χ1n) is 7.57. The van der Waals surface area contributed by atoms with Crippen molar-refractivity contribution in [3.8, 4) is 11.1 Å². The molecule has 0 saturated heterocycles. The smallest absolute Gasteiger partial charge is 0.336 e. The lowest BCUT2D eigenvalue weighted by atomic mass is 9.93. The third kappa shape index (κ3) is 2.33. The van der Waals surface area contributed by atoms with Crippen molar-refractivity contribution in [2.75, 3.05) is 0 Å². The molecule has 1 aromatic heterocycles. The highest BCUT2D eigenvalue weighted by Gasteiger charge is 2.20. The van der Waals surface area contributed by atoms with Crippen molar-refractivity contribution in [1.82, 2.24) is 0 Å². The summed E-state index contributed by atoms with van der Waals surface area (Å²) in [5.74, 6) is -2.25. The number of carbonyl (C=O) groups is 2. The molecule has 3 aromatic carbocycles. The average Bonchev–Trinajstić information content (AvgIpc) is 2.98. The molecular formula is C20H12O5. The number of carboxylic acids is 2. The Bertz CT molecular complexity index is 1150. The maximum Gasteiger partial charge on any atom is 0.336 e. The summed E-state index contributed by atoms with van der Waals surface area (Å²) >= 11 is 0. The van der Waals surface area contributed by atoms with Crippen molar-refractivity contribution in [3.63, 3.8) is 0 Å². The lowest BCUT2D eigenvalue weighted by molar-refractivity contribution is 0.0684. The van der Waals surface area contributed by atoms with Crippen LogP contribution in [0, 0.1) is 0 Å². The zero-order valence-electron chi connectivity index (χ0n) is 12.9. The Labute approximate surface area is 141 Å². The Morgan fingerprint density at radius 2 is 1.36 bits per heavy atom. The SMILES string of the molecule is O=C(O)c1ccccc1-c1cc2c(cc1C(=O)O)oc1ccccc12. The van der Waals surface area contributed by atoms with E-state index >= 15 is 0 Å². The predicted molar refractivity (Wildman–Crippen MR) is 93.1 cm³/mol. The average molecular weight is 332 g/mol. The molecule has 0 amide bonds. The largest absolute Gasteiger partial charge is 0.478 e. The normalized spacial score (nSPS) is 11.0. The first-order valence-corrected chi connectivity index (χ1v) is 7.57. The van der Waals surface area contributed by atoms with Crippen LogP contribution in [0.3, 0.4) is 0 Å². The van der Waals surface area contributed by atoms with Crippen molar-refractivity contribution >= 4 is 33.9 Å². The Balaban J connectivity index is 2.12. The van der Waals surface area contributed by atoms with Gasteiger partial charge < -0.3 is 14.6 Å². The van der Waals surface area contributed by atoms with Gasteiger partial charge in [0, 0.05) is 10.8 Å². The van der Waals surface area contributed by atoms with Gasteiger partial charge in [0.05, 0.1) is 11.1 Å². The summed E-state index contributed by atoms with van der Waals surface area (Å²) in [6, 6.07) is 16.9. The summed E-state index contributed by atoms with van der Waals surface area (Å²) in [6.45, 7) is 0. The van der Waals surface area contributed by atoms with Gasteiger partial charge in [-0.25, -0.2) is 9.59 Å². The van der Waals surface area contributed by atoms with Crippen LogP contribution in [-0.4, -0.2) is 22.2 Å². The van der Waals surface area contributed by atoms with E-state index in [1.807, 2.05) is 18.2 Å². The molecule has 0 saturated carbocycles. The molecule has 0 aliphatic carbocycles. The molecule has 0 bridgehead atoms. The number of furan rings is 1. The van der Waals surface area contributed by atoms with Gasteiger partial charge in [0.2, 0.25) is 0 Å². The third-order valence-corrected chi connectivity index (χ3v) is 4.19. The molecule has 0 aliphatic heterocycles. The minimum Gasteiger partial charge on any atom is -0.478 e. The molecule has 0 fully saturated rings. The quantitative estimate of drug-likeness (QED) is 0.570. The van der Waals surface area contributed by atoms with Crippen LogP contribution < -0.4 is 0 Å². The van der Waals surface area contributed by atoms with Crippen LogP contribution in [0.4, 0.5) is 0 Å². The van der Waals surface area contributed by atoms with E-state index in [-0.39, 0.29) is 11.1 Å². The minimum absolute atomic E-state index is 0.000237. The molecule has 122 valence electrons. The minimum atomic E-state index is -1.14. The second-order valence-electron chi connectivity index (χ2n) is 5.65. The molecule has 0 spiro atoms. The molecule has 4 rings (SSSR count). The highest BCUT2D eigenvalue weighted by molar-refractivity contribution is 6.11. The fourth-order valence-electron chi connectivity index (χ4n) is 3.08. The van der Waals surface area contributed by atoms with Gasteiger partial charge in [0.1, 0.15) is 11.2 Å². The number of rotatable bonds is 3. The summed E-state index contributed by atoms with van der Waals surface area (Å²) in [5, 5.41) is 20.6. The third-order valence-electron chi connectivity index (χ3n) is 4.19. The molecule has 2 N–H and O–H groups in total. The number of para-hydroxylation sites is 1. The molecule has 5 nitrogen and oxygen atoms in total. The molecule has 0 atom stereocenters. The first kappa shape index (κ1) is 15.0. The van der Waals surface area contributed by atoms with E-state index in [9.17, 15) is 19.8 Å². The number of hydrogen-bond acceptors (Lipinski definition) is 3. The summed E-state index contributed by atoms with van der Waals surface area (Å²) in [7, 11) is 0. The van der Waals surface area contributed by atoms with E-state index in [1.165, 1.54) is 12.1 Å². The van der Waals surface area contributed by atoms with E-state index in [0.717, 1.165) is 10.8 Å². The van der Waals surface area contributed by atoms with E-state index in [4.69, 9.17) is 4.42 Å². The second kappa shape index (κ2) is 5.49. The van der Waals surface area contributed by atoms with E-state index in [0.29, 0.717) is 22.3 Å². The van der Waals surface area contributed by atoms with Crippen LogP contribution in [0.1, 0.15) is 20.7 Å². The van der Waals surface area contributed by atoms with Crippen molar-refractivity contribution < 1.29 is 24.2 Å². The van der Waals surface area contributed by atoms with Crippen LogP contribution >= 0.6 is 0 Å². The Hall–Kier alpha value is -3.60. The van der Waals surface area contributed by atoms with Crippen molar-refractivity contribution in [2.45, 2.75) is 0 Å². The van der Waals surface area contributed by atoms with E-state index < -0.39 is 11.9 Å². The maximum absolute atomic E-state index is 11.7. The zero-order chi connectivity index (χ0) is 17.6. The van der Waals surface area contributed by atoms with Crippen molar-refractivity contribution in [2.24, 2.45) is 0 Å². The Kier molecular flexibility index (Phi) is 3.28. The molecule has 25 heavy (non-hydrogen) atoms. The predicted octanol–water partition coefficient (Wildman–Crippen LogP) is 4.65. The molecule has 0 aliphatic rings. The van der Waals surface area contributed by atoms with Crippen LogP contribution in [0.15, 0.2) is 65.1 Å². The van der Waals surface area contributed by atoms with Gasteiger partial charge in [-0.05, 0) is 35.4 Å². The van der Waals surface area contributed by atoms with Crippen LogP contribution in [0.25, 0.3) is 33.1 Å². The zero-order valence-corrected chi connectivity index (χ0v) is 12.9. The fourth-order valence-corrected chi connectivity index (χ4v) is 3.08. The maximum atomic E-state index is 11.7. The summed E-state index contributed by atoms with van der Waals surface area (Å²) in [5.41, 5.74) is 1.87. The van der Waals surface area contributed by atoms with Gasteiger partial charge in [-0.2, -0.15) is 0 Å².